The van der Waals surface area contributed by atoms with Crippen molar-refractivity contribution in [3.63, 3.8) is 0 Å². The maximum atomic E-state index is 5.24. The first kappa shape index (κ1) is 23.7. The molecule has 1 aliphatic carbocycles. The van der Waals surface area contributed by atoms with E-state index in [1.807, 2.05) is 12.1 Å². The quantitative estimate of drug-likeness (QED) is 0.451. The van der Waals surface area contributed by atoms with Crippen molar-refractivity contribution in [3.05, 3.63) is 66.0 Å². The highest BCUT2D eigenvalue weighted by atomic mass is 15.5. The fraction of sp³-hybridized carbons (Fsp3) is 0.448. The molecule has 1 fully saturated rings. The highest BCUT2D eigenvalue weighted by molar-refractivity contribution is 6.00. The zero-order valence-electron chi connectivity index (χ0n) is 22.0. The summed E-state index contributed by atoms with van der Waals surface area (Å²) in [4.78, 5) is 12.8. The molecule has 192 valence electrons. The zero-order chi connectivity index (χ0) is 25.4. The molecule has 1 aromatic heterocycles. The van der Waals surface area contributed by atoms with E-state index in [0.29, 0.717) is 11.7 Å². The van der Waals surface area contributed by atoms with Crippen LogP contribution in [0.5, 0.6) is 0 Å². The molecule has 0 radical (unpaired) electrons. The Labute approximate surface area is 219 Å². The van der Waals surface area contributed by atoms with E-state index < -0.39 is 0 Å². The van der Waals surface area contributed by atoms with Gasteiger partial charge in [0.05, 0.1) is 12.4 Å². The molecule has 1 unspecified atom stereocenters. The number of hydrogen-bond donors (Lipinski definition) is 1. The molecule has 0 amide bonds. The zero-order valence-corrected chi connectivity index (χ0v) is 22.0. The molecule has 3 aliphatic rings. The van der Waals surface area contributed by atoms with E-state index in [9.17, 15) is 0 Å². The fourth-order valence-electron chi connectivity index (χ4n) is 5.48. The first-order valence-corrected chi connectivity index (χ1v) is 13.6. The van der Waals surface area contributed by atoms with Crippen LogP contribution < -0.4 is 0 Å². The number of aromatic amines is 1. The minimum Gasteiger partial charge on any atom is -0.358 e. The molecule has 1 saturated carbocycles. The lowest BCUT2D eigenvalue weighted by Gasteiger charge is -2.39. The molecule has 0 saturated heterocycles. The Kier molecular flexibility index (Phi) is 6.40. The summed E-state index contributed by atoms with van der Waals surface area (Å²) in [6.45, 7) is 10.8. The van der Waals surface area contributed by atoms with Gasteiger partial charge in [-0.15, -0.1) is 5.10 Å². The number of amidine groups is 1. The van der Waals surface area contributed by atoms with Gasteiger partial charge in [0.15, 0.2) is 11.7 Å². The number of rotatable bonds is 9. The Hall–Kier alpha value is -3.68. The SMILES string of the molecule is CCC1N=C2C(=CN(CC(C)C)CN2CC2CC2)N1Cc1ccc(-c2ccccc2-c2nnn[nH]2)cc1. The smallest absolute Gasteiger partial charge is 0.180 e. The van der Waals surface area contributed by atoms with E-state index in [-0.39, 0.29) is 6.17 Å². The number of fused-ring (bicyclic) bond motifs is 1. The van der Waals surface area contributed by atoms with Crippen LogP contribution in [0.1, 0.15) is 45.6 Å². The average Bonchev–Trinajstić information content (AvgIpc) is 3.41. The van der Waals surface area contributed by atoms with Gasteiger partial charge in [-0.2, -0.15) is 0 Å². The monoisotopic (exact) mass is 496 g/mol. The molecule has 0 bridgehead atoms. The Morgan fingerprint density at radius 2 is 1.81 bits per heavy atom. The molecular formula is C29H36N8. The van der Waals surface area contributed by atoms with E-state index >= 15 is 0 Å². The Morgan fingerprint density at radius 3 is 2.49 bits per heavy atom. The summed E-state index contributed by atoms with van der Waals surface area (Å²) < 4.78 is 0. The summed E-state index contributed by atoms with van der Waals surface area (Å²) in [5, 5.41) is 14.5. The lowest BCUT2D eigenvalue weighted by molar-refractivity contribution is 0.199. The van der Waals surface area contributed by atoms with E-state index in [4.69, 9.17) is 4.99 Å². The van der Waals surface area contributed by atoms with Gasteiger partial charge in [0.25, 0.3) is 0 Å². The number of nitrogens with zero attached hydrogens (tertiary/aromatic N) is 7. The van der Waals surface area contributed by atoms with Crippen LogP contribution in [0.3, 0.4) is 0 Å². The lowest BCUT2D eigenvalue weighted by Crippen LogP contribution is -2.47. The second kappa shape index (κ2) is 10.00. The van der Waals surface area contributed by atoms with Crippen molar-refractivity contribution in [2.75, 3.05) is 19.8 Å². The van der Waals surface area contributed by atoms with Gasteiger partial charge in [-0.3, -0.25) is 0 Å². The third kappa shape index (κ3) is 4.97. The molecule has 1 N–H and O–H groups in total. The number of nitrogens with one attached hydrogen (secondary N) is 1. The van der Waals surface area contributed by atoms with Crippen molar-refractivity contribution in [1.82, 2.24) is 35.3 Å². The predicted octanol–water partition coefficient (Wildman–Crippen LogP) is 4.97. The maximum absolute atomic E-state index is 5.24. The van der Waals surface area contributed by atoms with Crippen LogP contribution in [-0.2, 0) is 6.54 Å². The third-order valence-electron chi connectivity index (χ3n) is 7.41. The predicted molar refractivity (Wildman–Crippen MR) is 146 cm³/mol. The summed E-state index contributed by atoms with van der Waals surface area (Å²) in [5.74, 6) is 3.33. The van der Waals surface area contributed by atoms with Gasteiger partial charge in [0.1, 0.15) is 6.17 Å². The summed E-state index contributed by atoms with van der Waals surface area (Å²) in [6, 6.07) is 17.1. The average molecular weight is 497 g/mol. The fourth-order valence-corrected chi connectivity index (χ4v) is 5.48. The standard InChI is InChI=1S/C29H36N8/c1-4-27-30-29-26(18-35(15-20(2)3)19-36(29)16-21-9-10-21)37(27)17-22-11-13-23(14-12-22)24-7-5-6-8-25(24)28-31-33-34-32-28/h5-8,11-14,18,20-21,27H,4,9-10,15-17,19H2,1-3H3,(H,31,32,33,34). The van der Waals surface area contributed by atoms with E-state index in [1.54, 1.807) is 0 Å². The number of hydrogen-bond acceptors (Lipinski definition) is 7. The molecule has 37 heavy (non-hydrogen) atoms. The molecular weight excluding hydrogens is 460 g/mol. The highest BCUT2D eigenvalue weighted by Gasteiger charge is 2.38. The van der Waals surface area contributed by atoms with E-state index in [2.05, 4.69) is 98.7 Å². The Bertz CT molecular complexity index is 1270. The minimum atomic E-state index is 0.182. The lowest BCUT2D eigenvalue weighted by atomic mass is 9.98. The molecule has 8 nitrogen and oxygen atoms in total. The van der Waals surface area contributed by atoms with Crippen molar-refractivity contribution in [1.29, 1.82) is 0 Å². The van der Waals surface area contributed by atoms with Crippen LogP contribution >= 0.6 is 0 Å². The number of aromatic nitrogens is 4. The summed E-state index contributed by atoms with van der Waals surface area (Å²) in [7, 11) is 0. The number of H-pyrrole nitrogens is 1. The van der Waals surface area contributed by atoms with Crippen LogP contribution in [0.25, 0.3) is 22.5 Å². The van der Waals surface area contributed by atoms with Crippen molar-refractivity contribution in [3.8, 4) is 22.5 Å². The summed E-state index contributed by atoms with van der Waals surface area (Å²) in [6.07, 6.45) is 6.26. The molecule has 6 rings (SSSR count). The van der Waals surface area contributed by atoms with Gasteiger partial charge < -0.3 is 14.7 Å². The van der Waals surface area contributed by atoms with Gasteiger partial charge in [-0.1, -0.05) is 69.3 Å². The molecule has 1 atom stereocenters. The highest BCUT2D eigenvalue weighted by Crippen LogP contribution is 2.36. The third-order valence-corrected chi connectivity index (χ3v) is 7.41. The Balaban J connectivity index is 1.25. The molecule has 0 spiro atoms. The van der Waals surface area contributed by atoms with Crippen LogP contribution in [0, 0.1) is 11.8 Å². The minimum absolute atomic E-state index is 0.182. The van der Waals surface area contributed by atoms with Gasteiger partial charge in [0, 0.05) is 31.4 Å². The van der Waals surface area contributed by atoms with Crippen molar-refractivity contribution in [2.45, 2.75) is 52.7 Å². The Morgan fingerprint density at radius 1 is 1.03 bits per heavy atom. The topological polar surface area (TPSA) is 76.5 Å². The molecule has 2 aromatic carbocycles. The van der Waals surface area contributed by atoms with E-state index in [0.717, 1.165) is 55.3 Å². The first-order valence-electron chi connectivity index (χ1n) is 13.6. The van der Waals surface area contributed by atoms with E-state index in [1.165, 1.54) is 29.9 Å². The molecule has 8 heteroatoms. The van der Waals surface area contributed by atoms with Crippen molar-refractivity contribution >= 4 is 5.84 Å². The normalized spacial score (nSPS) is 19.4. The van der Waals surface area contributed by atoms with Crippen LogP contribution in [0.15, 0.2) is 65.4 Å². The number of aliphatic imine (C=N–C) groups is 1. The summed E-state index contributed by atoms with van der Waals surface area (Å²) >= 11 is 0. The molecule has 3 heterocycles. The first-order chi connectivity index (χ1) is 18.1. The summed E-state index contributed by atoms with van der Waals surface area (Å²) in [5.41, 5.74) is 5.83. The van der Waals surface area contributed by atoms with Gasteiger partial charge in [-0.05, 0) is 58.2 Å². The number of benzene rings is 2. The van der Waals surface area contributed by atoms with Crippen LogP contribution in [0.4, 0.5) is 0 Å². The second-order valence-electron chi connectivity index (χ2n) is 10.9. The van der Waals surface area contributed by atoms with Crippen molar-refractivity contribution in [2.24, 2.45) is 16.8 Å². The van der Waals surface area contributed by atoms with Gasteiger partial charge in [-0.25, -0.2) is 10.1 Å². The van der Waals surface area contributed by atoms with Crippen LogP contribution in [0.2, 0.25) is 0 Å². The van der Waals surface area contributed by atoms with Gasteiger partial charge >= 0.3 is 0 Å². The number of tetrazole rings is 1. The maximum Gasteiger partial charge on any atom is 0.180 e. The largest absolute Gasteiger partial charge is 0.358 e. The second-order valence-corrected chi connectivity index (χ2v) is 10.9. The molecule has 3 aromatic rings. The van der Waals surface area contributed by atoms with Crippen LogP contribution in [-0.4, -0.2) is 67.1 Å². The molecule has 2 aliphatic heterocycles. The van der Waals surface area contributed by atoms with Crippen molar-refractivity contribution < 1.29 is 0 Å². The van der Waals surface area contributed by atoms with Gasteiger partial charge in [0.2, 0.25) is 0 Å².